The molecule has 4 unspecified atom stereocenters. The van der Waals surface area contributed by atoms with E-state index >= 15 is 0 Å². The van der Waals surface area contributed by atoms with Gasteiger partial charge in [0.1, 0.15) is 0 Å². The van der Waals surface area contributed by atoms with Crippen LogP contribution in [0.15, 0.2) is 12.2 Å². The molecule has 0 heterocycles. The maximum Gasteiger partial charge on any atom is 0.307 e. The van der Waals surface area contributed by atoms with E-state index in [1.54, 1.807) is 0 Å². The molecule has 0 saturated heterocycles. The first-order chi connectivity index (χ1) is 10.1. The highest BCUT2D eigenvalue weighted by Crippen LogP contribution is 2.48. The van der Waals surface area contributed by atoms with Crippen molar-refractivity contribution in [3.05, 3.63) is 12.2 Å². The lowest BCUT2D eigenvalue weighted by Crippen LogP contribution is -2.43. The predicted octanol–water partition coefficient (Wildman–Crippen LogP) is 0.152. The Hall–Kier alpha value is -1.85. The number of carboxylic acids is 1. The summed E-state index contributed by atoms with van der Waals surface area (Å²) >= 11 is 0. The minimum Gasteiger partial charge on any atom is -0.481 e. The molecule has 2 saturated carbocycles. The van der Waals surface area contributed by atoms with Gasteiger partial charge in [-0.2, -0.15) is 0 Å². The Bertz CT molecular complexity index is 498. The van der Waals surface area contributed by atoms with Gasteiger partial charge >= 0.3 is 5.97 Å². The van der Waals surface area contributed by atoms with Gasteiger partial charge in [-0.25, -0.2) is 0 Å². The highest BCUT2D eigenvalue weighted by Gasteiger charge is 2.51. The van der Waals surface area contributed by atoms with Gasteiger partial charge in [0, 0.05) is 19.0 Å². The highest BCUT2D eigenvalue weighted by atomic mass is 16.4. The molecule has 2 bridgehead atoms. The quantitative estimate of drug-likeness (QED) is 0.480. The van der Waals surface area contributed by atoms with Gasteiger partial charge in [-0.1, -0.05) is 12.2 Å². The van der Waals surface area contributed by atoms with Crippen molar-refractivity contribution in [2.75, 3.05) is 13.1 Å². The van der Waals surface area contributed by atoms with Crippen LogP contribution in [0, 0.1) is 29.6 Å². The number of fused-ring (bicyclic) bond motifs is 2. The summed E-state index contributed by atoms with van der Waals surface area (Å²) < 4.78 is 0. The Morgan fingerprint density at radius 1 is 0.952 bits per heavy atom. The molecule has 2 fully saturated rings. The topological polar surface area (TPSA) is 95.5 Å². The van der Waals surface area contributed by atoms with Crippen molar-refractivity contribution >= 4 is 17.8 Å². The van der Waals surface area contributed by atoms with Crippen LogP contribution in [0.3, 0.4) is 0 Å². The monoisotopic (exact) mass is 292 g/mol. The van der Waals surface area contributed by atoms with E-state index in [0.29, 0.717) is 13.1 Å². The minimum atomic E-state index is -0.894. The molecule has 2 amide bonds. The molecule has 3 rings (SSSR count). The minimum absolute atomic E-state index is 0.0159. The second-order valence-electron chi connectivity index (χ2n) is 6.19. The van der Waals surface area contributed by atoms with Crippen LogP contribution >= 0.6 is 0 Å². The molecule has 0 aliphatic heterocycles. The van der Waals surface area contributed by atoms with Crippen LogP contribution in [0.5, 0.6) is 0 Å². The third-order valence-electron chi connectivity index (χ3n) is 4.72. The number of carboxylic acid groups (broad SMARTS) is 1. The molecule has 6 heteroatoms. The number of carbonyl (C=O) groups excluding carboxylic acids is 2. The molecule has 4 atom stereocenters. The fraction of sp³-hybridized carbons (Fsp3) is 0.667. The Kier molecular flexibility index (Phi) is 3.69. The Morgan fingerprint density at radius 2 is 1.52 bits per heavy atom. The lowest BCUT2D eigenvalue weighted by atomic mass is 9.82. The molecule has 0 aromatic carbocycles. The summed E-state index contributed by atoms with van der Waals surface area (Å²) in [7, 11) is 0. The molecule has 0 spiro atoms. The maximum atomic E-state index is 12.2. The largest absolute Gasteiger partial charge is 0.481 e. The van der Waals surface area contributed by atoms with Crippen LogP contribution in [0.4, 0.5) is 0 Å². The van der Waals surface area contributed by atoms with E-state index in [2.05, 4.69) is 10.6 Å². The average molecular weight is 292 g/mol. The van der Waals surface area contributed by atoms with Gasteiger partial charge in [0.05, 0.1) is 11.8 Å². The summed E-state index contributed by atoms with van der Waals surface area (Å²) in [5, 5.41) is 14.8. The average Bonchev–Trinajstić information content (AvgIpc) is 3.11. The van der Waals surface area contributed by atoms with Gasteiger partial charge in [0.2, 0.25) is 11.8 Å². The molecule has 3 aliphatic carbocycles. The molecular formula is C15H20N2O4. The van der Waals surface area contributed by atoms with Crippen LogP contribution in [-0.2, 0) is 14.4 Å². The van der Waals surface area contributed by atoms with Crippen molar-refractivity contribution in [1.29, 1.82) is 0 Å². The molecular weight excluding hydrogens is 272 g/mol. The third kappa shape index (κ3) is 2.80. The summed E-state index contributed by atoms with van der Waals surface area (Å²) in [5.74, 6) is -1.95. The van der Waals surface area contributed by atoms with Crippen LogP contribution in [0.25, 0.3) is 0 Å². The van der Waals surface area contributed by atoms with Gasteiger partial charge in [-0.15, -0.1) is 0 Å². The second-order valence-corrected chi connectivity index (χ2v) is 6.19. The highest BCUT2D eigenvalue weighted by molar-refractivity contribution is 5.87. The molecule has 3 N–H and O–H groups in total. The zero-order valence-electron chi connectivity index (χ0n) is 11.7. The van der Waals surface area contributed by atoms with E-state index < -0.39 is 17.8 Å². The second kappa shape index (κ2) is 5.50. The number of allylic oxidation sites excluding steroid dienone is 2. The number of hydrogen-bond donors (Lipinski definition) is 3. The predicted molar refractivity (Wildman–Crippen MR) is 74.1 cm³/mol. The molecule has 3 aliphatic rings. The van der Waals surface area contributed by atoms with Crippen molar-refractivity contribution in [3.63, 3.8) is 0 Å². The van der Waals surface area contributed by atoms with Crippen molar-refractivity contribution in [1.82, 2.24) is 10.6 Å². The zero-order chi connectivity index (χ0) is 15.0. The summed E-state index contributed by atoms with van der Waals surface area (Å²) in [6, 6.07) is 0. The molecule has 0 aromatic rings. The normalized spacial score (nSPS) is 33.0. The van der Waals surface area contributed by atoms with E-state index in [0.717, 1.165) is 19.3 Å². The van der Waals surface area contributed by atoms with Gasteiger partial charge in [-0.05, 0) is 31.1 Å². The number of carbonyl (C=O) groups is 3. The number of hydrogen-bond acceptors (Lipinski definition) is 3. The molecule has 6 nitrogen and oxygen atoms in total. The number of aliphatic carboxylic acids is 1. The zero-order valence-corrected chi connectivity index (χ0v) is 11.7. The van der Waals surface area contributed by atoms with Gasteiger partial charge in [-0.3, -0.25) is 14.4 Å². The summed E-state index contributed by atoms with van der Waals surface area (Å²) in [6.07, 6.45) is 6.55. The Labute approximate surface area is 123 Å². The van der Waals surface area contributed by atoms with E-state index in [4.69, 9.17) is 0 Å². The lowest BCUT2D eigenvalue weighted by Gasteiger charge is -2.23. The first-order valence-corrected chi connectivity index (χ1v) is 7.54. The SMILES string of the molecule is O=C(NCCNC(=O)C1C2C=CC(C2)C1C(=O)O)C1CC1. The third-order valence-corrected chi connectivity index (χ3v) is 4.72. The molecule has 0 radical (unpaired) electrons. The first-order valence-electron chi connectivity index (χ1n) is 7.54. The van der Waals surface area contributed by atoms with Crippen LogP contribution in [0.1, 0.15) is 19.3 Å². The van der Waals surface area contributed by atoms with Crippen molar-refractivity contribution in [3.8, 4) is 0 Å². The fourth-order valence-electron chi connectivity index (χ4n) is 3.50. The van der Waals surface area contributed by atoms with Crippen molar-refractivity contribution < 1.29 is 19.5 Å². The molecule has 0 aromatic heterocycles. The van der Waals surface area contributed by atoms with Crippen LogP contribution in [-0.4, -0.2) is 36.0 Å². The summed E-state index contributed by atoms with van der Waals surface area (Å²) in [5.41, 5.74) is 0. The van der Waals surface area contributed by atoms with Crippen LogP contribution < -0.4 is 10.6 Å². The summed E-state index contributed by atoms with van der Waals surface area (Å²) in [6.45, 7) is 0.747. The Balaban J connectivity index is 1.47. The van der Waals surface area contributed by atoms with Gasteiger partial charge < -0.3 is 15.7 Å². The first kappa shape index (κ1) is 14.1. The van der Waals surface area contributed by atoms with Crippen LogP contribution in [0.2, 0.25) is 0 Å². The van der Waals surface area contributed by atoms with Crippen molar-refractivity contribution in [2.24, 2.45) is 29.6 Å². The van der Waals surface area contributed by atoms with E-state index in [-0.39, 0.29) is 29.6 Å². The van der Waals surface area contributed by atoms with Gasteiger partial charge in [0.25, 0.3) is 0 Å². The smallest absolute Gasteiger partial charge is 0.307 e. The Morgan fingerprint density at radius 3 is 2.10 bits per heavy atom. The maximum absolute atomic E-state index is 12.2. The number of rotatable bonds is 6. The van der Waals surface area contributed by atoms with Crippen molar-refractivity contribution in [2.45, 2.75) is 19.3 Å². The molecule has 21 heavy (non-hydrogen) atoms. The number of amides is 2. The van der Waals surface area contributed by atoms with E-state index in [9.17, 15) is 19.5 Å². The number of nitrogens with one attached hydrogen (secondary N) is 2. The standard InChI is InChI=1S/C15H20N2O4/c18-13(8-1-2-8)16-5-6-17-14(19)11-9-3-4-10(7-9)12(11)15(20)21/h3-4,8-12H,1-2,5-7H2,(H,16,18)(H,17,19)(H,20,21). The summed E-state index contributed by atoms with van der Waals surface area (Å²) in [4.78, 5) is 35.0. The van der Waals surface area contributed by atoms with Gasteiger partial charge in [0.15, 0.2) is 0 Å². The van der Waals surface area contributed by atoms with E-state index in [1.165, 1.54) is 0 Å². The fourth-order valence-corrected chi connectivity index (χ4v) is 3.50. The molecule has 114 valence electrons. The van der Waals surface area contributed by atoms with E-state index in [1.807, 2.05) is 12.2 Å². The lowest BCUT2D eigenvalue weighted by molar-refractivity contribution is -0.147.